The van der Waals surface area contributed by atoms with Gasteiger partial charge in [0.25, 0.3) is 0 Å². The third-order valence-electron chi connectivity index (χ3n) is 2.84. The molecule has 0 aliphatic carbocycles. The van der Waals surface area contributed by atoms with Gasteiger partial charge in [0.1, 0.15) is 11.6 Å². The van der Waals surface area contributed by atoms with Crippen LogP contribution in [0.2, 0.25) is 10.0 Å². The molecule has 0 saturated carbocycles. The maximum Gasteiger partial charge on any atom is 0.124 e. The molecule has 2 N–H and O–H groups in total. The van der Waals surface area contributed by atoms with E-state index in [0.29, 0.717) is 21.9 Å². The first kappa shape index (κ1) is 14.1. The van der Waals surface area contributed by atoms with Crippen molar-refractivity contribution in [1.29, 1.82) is 0 Å². The highest BCUT2D eigenvalue weighted by Crippen LogP contribution is 2.32. The van der Waals surface area contributed by atoms with Crippen LogP contribution in [0, 0.1) is 5.82 Å². The smallest absolute Gasteiger partial charge is 0.124 e. The molecule has 2 nitrogen and oxygen atoms in total. The van der Waals surface area contributed by atoms with Crippen molar-refractivity contribution in [3.05, 3.63) is 63.4 Å². The standard InChI is InChI=1S/C14H12Cl2FNO/c1-19-9-3-5-11(13(16)7-9)14(18)10-4-2-8(17)6-12(10)15/h2-7,14H,18H2,1H3. The van der Waals surface area contributed by atoms with Gasteiger partial charge in [0.05, 0.1) is 13.2 Å². The van der Waals surface area contributed by atoms with E-state index in [1.165, 1.54) is 12.1 Å². The number of nitrogens with two attached hydrogens (primary N) is 1. The van der Waals surface area contributed by atoms with E-state index >= 15 is 0 Å². The summed E-state index contributed by atoms with van der Waals surface area (Å²) in [6, 6.07) is 8.79. The van der Waals surface area contributed by atoms with E-state index in [4.69, 9.17) is 33.7 Å². The van der Waals surface area contributed by atoms with Crippen LogP contribution < -0.4 is 10.5 Å². The van der Waals surface area contributed by atoms with Crippen LogP contribution in [0.4, 0.5) is 4.39 Å². The van der Waals surface area contributed by atoms with Gasteiger partial charge in [-0.3, -0.25) is 0 Å². The van der Waals surface area contributed by atoms with E-state index in [0.717, 1.165) is 0 Å². The highest BCUT2D eigenvalue weighted by Gasteiger charge is 2.16. The Labute approximate surface area is 120 Å². The molecule has 1 atom stereocenters. The summed E-state index contributed by atoms with van der Waals surface area (Å²) >= 11 is 12.2. The van der Waals surface area contributed by atoms with Crippen molar-refractivity contribution in [2.24, 2.45) is 5.73 Å². The molecule has 2 aromatic rings. The second kappa shape index (κ2) is 5.78. The topological polar surface area (TPSA) is 35.2 Å². The average molecular weight is 300 g/mol. The number of hydrogen-bond acceptors (Lipinski definition) is 2. The van der Waals surface area contributed by atoms with Crippen LogP contribution in [0.15, 0.2) is 36.4 Å². The zero-order chi connectivity index (χ0) is 14.0. The van der Waals surface area contributed by atoms with Gasteiger partial charge in [-0.05, 0) is 35.4 Å². The molecular formula is C14H12Cl2FNO. The maximum atomic E-state index is 13.0. The van der Waals surface area contributed by atoms with Gasteiger partial charge < -0.3 is 10.5 Å². The molecule has 0 amide bonds. The van der Waals surface area contributed by atoms with E-state index in [1.54, 1.807) is 31.4 Å². The molecule has 2 aromatic carbocycles. The summed E-state index contributed by atoms with van der Waals surface area (Å²) in [4.78, 5) is 0. The summed E-state index contributed by atoms with van der Waals surface area (Å²) in [5, 5.41) is 0.756. The van der Waals surface area contributed by atoms with Crippen LogP contribution in [-0.2, 0) is 0 Å². The van der Waals surface area contributed by atoms with Crippen molar-refractivity contribution in [2.75, 3.05) is 7.11 Å². The fourth-order valence-corrected chi connectivity index (χ4v) is 2.38. The summed E-state index contributed by atoms with van der Waals surface area (Å²) in [5.41, 5.74) is 7.45. The summed E-state index contributed by atoms with van der Waals surface area (Å²) in [7, 11) is 1.56. The van der Waals surface area contributed by atoms with Crippen LogP contribution in [-0.4, -0.2) is 7.11 Å². The first-order valence-electron chi connectivity index (χ1n) is 5.57. The number of benzene rings is 2. The van der Waals surface area contributed by atoms with Gasteiger partial charge in [-0.25, -0.2) is 4.39 Å². The molecule has 0 aromatic heterocycles. The predicted molar refractivity (Wildman–Crippen MR) is 75.4 cm³/mol. The molecular weight excluding hydrogens is 288 g/mol. The highest BCUT2D eigenvalue weighted by molar-refractivity contribution is 6.32. The zero-order valence-electron chi connectivity index (χ0n) is 10.2. The zero-order valence-corrected chi connectivity index (χ0v) is 11.7. The van der Waals surface area contributed by atoms with E-state index in [-0.39, 0.29) is 5.02 Å². The minimum absolute atomic E-state index is 0.277. The molecule has 100 valence electrons. The third kappa shape index (κ3) is 3.00. The Kier molecular flexibility index (Phi) is 4.30. The minimum atomic E-state index is -0.522. The molecule has 0 heterocycles. The molecule has 19 heavy (non-hydrogen) atoms. The van der Waals surface area contributed by atoms with E-state index < -0.39 is 11.9 Å². The fourth-order valence-electron chi connectivity index (χ4n) is 1.81. The number of rotatable bonds is 3. The normalized spacial score (nSPS) is 12.3. The van der Waals surface area contributed by atoms with Crippen molar-refractivity contribution in [3.8, 4) is 5.75 Å². The van der Waals surface area contributed by atoms with Crippen molar-refractivity contribution in [1.82, 2.24) is 0 Å². The SMILES string of the molecule is COc1ccc(C(N)c2ccc(F)cc2Cl)c(Cl)c1. The van der Waals surface area contributed by atoms with E-state index in [2.05, 4.69) is 0 Å². The maximum absolute atomic E-state index is 13.0. The van der Waals surface area contributed by atoms with Gasteiger partial charge in [-0.15, -0.1) is 0 Å². The first-order chi connectivity index (χ1) is 9.02. The molecule has 0 saturated heterocycles. The van der Waals surface area contributed by atoms with Crippen LogP contribution in [0.25, 0.3) is 0 Å². The Hall–Kier alpha value is -1.29. The molecule has 0 aliphatic heterocycles. The third-order valence-corrected chi connectivity index (χ3v) is 3.49. The van der Waals surface area contributed by atoms with Crippen molar-refractivity contribution in [2.45, 2.75) is 6.04 Å². The molecule has 2 rings (SSSR count). The fraction of sp³-hybridized carbons (Fsp3) is 0.143. The first-order valence-corrected chi connectivity index (χ1v) is 6.32. The predicted octanol–water partition coefficient (Wildman–Crippen LogP) is 4.19. The number of hydrogen-bond donors (Lipinski definition) is 1. The van der Waals surface area contributed by atoms with Crippen LogP contribution in [0.1, 0.15) is 17.2 Å². The Balaban J connectivity index is 2.41. The molecule has 0 radical (unpaired) electrons. The van der Waals surface area contributed by atoms with Crippen LogP contribution >= 0.6 is 23.2 Å². The van der Waals surface area contributed by atoms with Crippen LogP contribution in [0.3, 0.4) is 0 Å². The molecule has 1 unspecified atom stereocenters. The lowest BCUT2D eigenvalue weighted by atomic mass is 9.99. The Bertz CT molecular complexity index is 604. The lowest BCUT2D eigenvalue weighted by molar-refractivity contribution is 0.414. The van der Waals surface area contributed by atoms with Gasteiger partial charge in [-0.2, -0.15) is 0 Å². The Morgan fingerprint density at radius 1 is 1.05 bits per heavy atom. The van der Waals surface area contributed by atoms with Gasteiger partial charge in [0.15, 0.2) is 0 Å². The van der Waals surface area contributed by atoms with Crippen molar-refractivity contribution >= 4 is 23.2 Å². The Morgan fingerprint density at radius 2 is 1.63 bits per heavy atom. The summed E-state index contributed by atoms with van der Waals surface area (Å²) < 4.78 is 18.1. The highest BCUT2D eigenvalue weighted by atomic mass is 35.5. The lowest BCUT2D eigenvalue weighted by Gasteiger charge is -2.16. The molecule has 0 spiro atoms. The number of methoxy groups -OCH3 is 1. The van der Waals surface area contributed by atoms with E-state index in [9.17, 15) is 4.39 Å². The quantitative estimate of drug-likeness (QED) is 0.922. The van der Waals surface area contributed by atoms with Crippen molar-refractivity contribution in [3.63, 3.8) is 0 Å². The van der Waals surface area contributed by atoms with Crippen LogP contribution in [0.5, 0.6) is 5.75 Å². The molecule has 0 aliphatic rings. The van der Waals surface area contributed by atoms with Gasteiger partial charge in [0, 0.05) is 10.0 Å². The average Bonchev–Trinajstić information content (AvgIpc) is 2.37. The van der Waals surface area contributed by atoms with Gasteiger partial charge in [0.2, 0.25) is 0 Å². The monoisotopic (exact) mass is 299 g/mol. The van der Waals surface area contributed by atoms with Crippen molar-refractivity contribution < 1.29 is 9.13 Å². The molecule has 0 fully saturated rings. The van der Waals surface area contributed by atoms with Gasteiger partial charge >= 0.3 is 0 Å². The minimum Gasteiger partial charge on any atom is -0.497 e. The second-order valence-corrected chi connectivity index (χ2v) is 4.85. The summed E-state index contributed by atoms with van der Waals surface area (Å²) in [5.74, 6) is 0.243. The second-order valence-electron chi connectivity index (χ2n) is 4.03. The number of halogens is 3. The number of ether oxygens (including phenoxy) is 1. The van der Waals surface area contributed by atoms with E-state index in [1.807, 2.05) is 0 Å². The lowest BCUT2D eigenvalue weighted by Crippen LogP contribution is -2.13. The summed E-state index contributed by atoms with van der Waals surface area (Å²) in [6.45, 7) is 0. The summed E-state index contributed by atoms with van der Waals surface area (Å²) in [6.07, 6.45) is 0. The largest absolute Gasteiger partial charge is 0.497 e. The Morgan fingerprint density at radius 3 is 2.16 bits per heavy atom. The molecule has 0 bridgehead atoms. The molecule has 5 heteroatoms. The van der Waals surface area contributed by atoms with Gasteiger partial charge in [-0.1, -0.05) is 35.3 Å².